The summed E-state index contributed by atoms with van der Waals surface area (Å²) in [7, 11) is 1.78. The van der Waals surface area contributed by atoms with Crippen LogP contribution in [0.15, 0.2) is 39.7 Å². The second-order valence-corrected chi connectivity index (χ2v) is 11.6. The number of oxazole rings is 1. The Labute approximate surface area is 240 Å². The van der Waals surface area contributed by atoms with Gasteiger partial charge in [-0.05, 0) is 49.4 Å². The Morgan fingerprint density at radius 3 is 2.60 bits per heavy atom. The molecular formula is C28H30ClN7O3S. The van der Waals surface area contributed by atoms with E-state index in [0.29, 0.717) is 46.2 Å². The summed E-state index contributed by atoms with van der Waals surface area (Å²) in [5.74, 6) is 2.34. The van der Waals surface area contributed by atoms with E-state index in [9.17, 15) is 9.59 Å². The highest BCUT2D eigenvalue weighted by molar-refractivity contribution is 7.97. The lowest BCUT2D eigenvalue weighted by atomic mass is 10.0. The van der Waals surface area contributed by atoms with E-state index in [1.165, 1.54) is 11.9 Å². The number of nitrogens with one attached hydrogen (secondary N) is 2. The molecule has 3 unspecified atom stereocenters. The minimum Gasteiger partial charge on any atom is -0.449 e. The van der Waals surface area contributed by atoms with Gasteiger partial charge in [0.15, 0.2) is 11.6 Å². The number of aromatic nitrogens is 4. The van der Waals surface area contributed by atoms with E-state index >= 15 is 0 Å². The monoisotopic (exact) mass is 579 g/mol. The summed E-state index contributed by atoms with van der Waals surface area (Å²) < 4.78 is 9.78. The summed E-state index contributed by atoms with van der Waals surface area (Å²) in [6, 6.07) is 7.01. The van der Waals surface area contributed by atoms with Crippen molar-refractivity contribution in [1.82, 2.24) is 24.2 Å². The quantitative estimate of drug-likeness (QED) is 0.239. The van der Waals surface area contributed by atoms with Gasteiger partial charge in [0.25, 0.3) is 11.5 Å². The van der Waals surface area contributed by atoms with Crippen LogP contribution in [-0.2, 0) is 7.05 Å². The van der Waals surface area contributed by atoms with Crippen molar-refractivity contribution in [2.45, 2.75) is 32.7 Å². The molecule has 10 nitrogen and oxygen atoms in total. The van der Waals surface area contributed by atoms with Crippen molar-refractivity contribution in [3.8, 4) is 0 Å². The van der Waals surface area contributed by atoms with Crippen molar-refractivity contribution in [2.24, 2.45) is 18.9 Å². The molecule has 40 heavy (non-hydrogen) atoms. The van der Waals surface area contributed by atoms with Crippen molar-refractivity contribution in [2.75, 3.05) is 29.6 Å². The molecule has 1 saturated heterocycles. The van der Waals surface area contributed by atoms with Crippen molar-refractivity contribution in [1.29, 1.82) is 0 Å². The van der Waals surface area contributed by atoms with Crippen LogP contribution in [0.25, 0.3) is 10.9 Å². The smallest absolute Gasteiger partial charge is 0.281 e. The molecule has 0 radical (unpaired) electrons. The SMILES string of the molecule is CSNC(=O)c1nc(Cl)ccc1NC(C)c1cc(C)cc2c(=O)n(C)c(N3CC4C(C3)C4c3coc(C)n3)nc12. The Morgan fingerprint density at radius 2 is 1.93 bits per heavy atom. The maximum absolute atomic E-state index is 13.6. The summed E-state index contributed by atoms with van der Waals surface area (Å²) in [5, 5.41) is 4.19. The minimum atomic E-state index is -0.347. The third kappa shape index (κ3) is 4.60. The van der Waals surface area contributed by atoms with Gasteiger partial charge in [0, 0.05) is 44.8 Å². The fourth-order valence-corrected chi connectivity index (χ4v) is 6.42. The molecule has 4 heterocycles. The van der Waals surface area contributed by atoms with E-state index in [0.717, 1.165) is 29.9 Å². The molecule has 208 valence electrons. The van der Waals surface area contributed by atoms with Crippen LogP contribution in [0.4, 0.5) is 11.6 Å². The predicted octanol–water partition coefficient (Wildman–Crippen LogP) is 4.62. The molecule has 2 N–H and O–H groups in total. The molecule has 12 heteroatoms. The molecular weight excluding hydrogens is 550 g/mol. The summed E-state index contributed by atoms with van der Waals surface area (Å²) in [6.45, 7) is 7.43. The van der Waals surface area contributed by atoms with Crippen LogP contribution in [-0.4, -0.2) is 44.8 Å². The Balaban J connectivity index is 1.33. The van der Waals surface area contributed by atoms with Crippen LogP contribution in [0.2, 0.25) is 5.15 Å². The van der Waals surface area contributed by atoms with Crippen LogP contribution in [0.3, 0.4) is 0 Å². The maximum Gasteiger partial charge on any atom is 0.281 e. The van der Waals surface area contributed by atoms with Crippen LogP contribution in [0.5, 0.6) is 0 Å². The highest BCUT2D eigenvalue weighted by Gasteiger charge is 2.58. The Hall–Kier alpha value is -3.57. The fourth-order valence-electron chi connectivity index (χ4n) is 5.99. The second kappa shape index (κ2) is 10.1. The molecule has 0 bridgehead atoms. The van der Waals surface area contributed by atoms with Gasteiger partial charge in [-0.3, -0.25) is 18.9 Å². The number of amides is 1. The number of benzene rings is 1. The molecule has 1 aliphatic carbocycles. The summed E-state index contributed by atoms with van der Waals surface area (Å²) in [6.07, 6.45) is 3.53. The first-order valence-electron chi connectivity index (χ1n) is 13.1. The van der Waals surface area contributed by atoms with Crippen molar-refractivity contribution < 1.29 is 9.21 Å². The van der Waals surface area contributed by atoms with Crippen LogP contribution >= 0.6 is 23.5 Å². The molecule has 2 fully saturated rings. The van der Waals surface area contributed by atoms with E-state index in [4.69, 9.17) is 21.0 Å². The number of pyridine rings is 1. The lowest BCUT2D eigenvalue weighted by Gasteiger charge is -2.25. The molecule has 1 aromatic carbocycles. The Kier molecular flexibility index (Phi) is 6.74. The number of piperidine rings is 1. The standard InChI is InChI=1S/C28H30ClN7O3S/c1-13-8-16(14(2)30-20-6-7-22(29)32-25(20)26(37)34-40-5)24-17(9-13)27(38)35(4)28(33-24)36-10-18-19(11-36)23(18)21-12-39-15(3)31-21/h6-9,12,14,18-19,23,30H,10-11H2,1-5H3,(H,34,37). The highest BCUT2D eigenvalue weighted by Crippen LogP contribution is 2.58. The first-order valence-corrected chi connectivity index (χ1v) is 14.7. The molecule has 0 spiro atoms. The molecule has 2 aliphatic rings. The van der Waals surface area contributed by atoms with Crippen LogP contribution in [0.1, 0.15) is 52.1 Å². The number of nitrogens with zero attached hydrogens (tertiary/aromatic N) is 5. The van der Waals surface area contributed by atoms with E-state index in [1.807, 2.05) is 32.9 Å². The zero-order valence-corrected chi connectivity index (χ0v) is 24.4. The van der Waals surface area contributed by atoms with Gasteiger partial charge >= 0.3 is 0 Å². The summed E-state index contributed by atoms with van der Waals surface area (Å²) in [5.41, 5.74) is 4.12. The number of fused-ring (bicyclic) bond motifs is 2. The second-order valence-electron chi connectivity index (χ2n) is 10.6. The van der Waals surface area contributed by atoms with E-state index in [-0.39, 0.29) is 28.4 Å². The fraction of sp³-hybridized carbons (Fsp3) is 0.393. The molecule has 1 amide bonds. The van der Waals surface area contributed by atoms with Crippen molar-refractivity contribution >= 4 is 52.0 Å². The van der Waals surface area contributed by atoms with Crippen LogP contribution in [0, 0.1) is 25.7 Å². The van der Waals surface area contributed by atoms with Gasteiger partial charge in [-0.25, -0.2) is 15.0 Å². The molecule has 3 aromatic heterocycles. The minimum absolute atomic E-state index is 0.0883. The van der Waals surface area contributed by atoms with Gasteiger partial charge in [0.2, 0.25) is 5.95 Å². The summed E-state index contributed by atoms with van der Waals surface area (Å²) >= 11 is 7.29. The number of anilines is 2. The van der Waals surface area contributed by atoms with Gasteiger partial charge in [-0.2, -0.15) is 0 Å². The van der Waals surface area contributed by atoms with E-state index < -0.39 is 0 Å². The van der Waals surface area contributed by atoms with Gasteiger partial charge in [-0.15, -0.1) is 0 Å². The molecule has 1 saturated carbocycles. The van der Waals surface area contributed by atoms with Gasteiger partial charge in [0.05, 0.1) is 28.3 Å². The van der Waals surface area contributed by atoms with Gasteiger partial charge < -0.3 is 14.6 Å². The largest absolute Gasteiger partial charge is 0.449 e. The molecule has 3 atom stereocenters. The number of rotatable bonds is 7. The number of hydrogen-bond acceptors (Lipinski definition) is 9. The number of carbonyl (C=O) groups excluding carboxylic acids is 1. The van der Waals surface area contributed by atoms with Gasteiger partial charge in [-0.1, -0.05) is 29.6 Å². The zero-order valence-electron chi connectivity index (χ0n) is 22.9. The predicted molar refractivity (Wildman–Crippen MR) is 157 cm³/mol. The number of carbonyl (C=O) groups is 1. The number of halogens is 1. The average molecular weight is 580 g/mol. The number of hydrogen-bond donors (Lipinski definition) is 2. The Bertz CT molecular complexity index is 1690. The van der Waals surface area contributed by atoms with E-state index in [2.05, 4.69) is 24.9 Å². The van der Waals surface area contributed by atoms with Gasteiger partial charge in [0.1, 0.15) is 11.4 Å². The molecule has 1 aliphatic heterocycles. The lowest BCUT2D eigenvalue weighted by Crippen LogP contribution is -2.32. The van der Waals surface area contributed by atoms with Crippen molar-refractivity contribution in [3.63, 3.8) is 0 Å². The number of aryl methyl sites for hydroxylation is 2. The first kappa shape index (κ1) is 26.6. The molecule has 6 rings (SSSR count). The average Bonchev–Trinajstić information content (AvgIpc) is 3.21. The lowest BCUT2D eigenvalue weighted by molar-refractivity contribution is 0.0980. The summed E-state index contributed by atoms with van der Waals surface area (Å²) in [4.78, 5) is 42.3. The third-order valence-electron chi connectivity index (χ3n) is 7.90. The van der Waals surface area contributed by atoms with E-state index in [1.54, 1.807) is 36.3 Å². The highest BCUT2D eigenvalue weighted by atomic mass is 35.5. The first-order chi connectivity index (χ1) is 19.2. The van der Waals surface area contributed by atoms with Crippen molar-refractivity contribution in [3.05, 3.63) is 74.4 Å². The topological polar surface area (TPSA) is 118 Å². The molecule has 4 aromatic rings. The zero-order chi connectivity index (χ0) is 28.3. The Morgan fingerprint density at radius 1 is 1.18 bits per heavy atom. The van der Waals surface area contributed by atoms with Crippen LogP contribution < -0.4 is 20.5 Å². The normalized spacial score (nSPS) is 20.4. The maximum atomic E-state index is 13.6. The third-order valence-corrected chi connectivity index (χ3v) is 8.50.